The van der Waals surface area contributed by atoms with Crippen LogP contribution in [0.15, 0.2) is 29.2 Å². The first-order chi connectivity index (χ1) is 13.1. The predicted molar refractivity (Wildman–Crippen MR) is 110 cm³/mol. The Kier molecular flexibility index (Phi) is 13.0. The summed E-state index contributed by atoms with van der Waals surface area (Å²) in [6.45, 7) is 7.50. The Morgan fingerprint density at radius 3 is 1.67 bits per heavy atom. The summed E-state index contributed by atoms with van der Waals surface area (Å²) < 4.78 is 75.7. The largest absolute Gasteiger partial charge is 0.416 e. The number of halogens is 3. The highest BCUT2D eigenvalue weighted by atomic mass is 32.2. The van der Waals surface area contributed by atoms with Crippen molar-refractivity contribution in [1.29, 1.82) is 0 Å². The molecule has 0 atom stereocenters. The quantitative estimate of drug-likeness (QED) is 0.540. The summed E-state index contributed by atoms with van der Waals surface area (Å²) in [4.78, 5) is -0.314. The van der Waals surface area contributed by atoms with Crippen LogP contribution in [0.2, 0.25) is 0 Å². The van der Waals surface area contributed by atoms with Gasteiger partial charge in [-0.2, -0.15) is 21.6 Å². The molecule has 0 heterocycles. The first kappa shape index (κ1) is 31.0. The van der Waals surface area contributed by atoms with E-state index in [1.165, 1.54) is 7.11 Å². The SMILES string of the molecule is C.COC(C)(C)CCO.COC(C)(C)CCOS(=O)(=O)c1ccc(C(F)(F)F)cc1. The lowest BCUT2D eigenvalue weighted by molar-refractivity contribution is -0.137. The summed E-state index contributed by atoms with van der Waals surface area (Å²) in [5.41, 5.74) is -1.62. The molecule has 0 aliphatic carbocycles. The van der Waals surface area contributed by atoms with Gasteiger partial charge in [-0.1, -0.05) is 7.43 Å². The van der Waals surface area contributed by atoms with Crippen LogP contribution in [0.5, 0.6) is 0 Å². The summed E-state index contributed by atoms with van der Waals surface area (Å²) in [6, 6.07) is 3.16. The first-order valence-electron chi connectivity index (χ1n) is 8.88. The molecular weight excluding hydrogens is 425 g/mol. The zero-order chi connectivity index (χ0) is 22.9. The summed E-state index contributed by atoms with van der Waals surface area (Å²) in [5, 5.41) is 8.45. The van der Waals surface area contributed by atoms with Crippen molar-refractivity contribution in [2.24, 2.45) is 0 Å². The van der Waals surface area contributed by atoms with E-state index in [4.69, 9.17) is 18.8 Å². The molecule has 0 saturated heterocycles. The van der Waals surface area contributed by atoms with Gasteiger partial charge in [-0.25, -0.2) is 0 Å². The second kappa shape index (κ2) is 12.6. The first-order valence-corrected chi connectivity index (χ1v) is 10.3. The average molecular weight is 461 g/mol. The Morgan fingerprint density at radius 2 is 1.33 bits per heavy atom. The molecule has 1 N–H and O–H groups in total. The zero-order valence-electron chi connectivity index (χ0n) is 17.7. The molecule has 0 aliphatic heterocycles. The third kappa shape index (κ3) is 11.8. The molecule has 1 rings (SSSR count). The standard InChI is InChI=1S/C13H17F3O4S.C6H14O2.CH4/c1-12(2,19-3)8-9-20-21(17,18)11-6-4-10(5-7-11)13(14,15)16;1-6(2,8-3)4-5-7;/h4-7H,8-9H2,1-3H3;7H,4-5H2,1-3H3;1H4. The van der Waals surface area contributed by atoms with E-state index in [1.807, 2.05) is 13.8 Å². The molecule has 30 heavy (non-hydrogen) atoms. The minimum absolute atomic E-state index is 0. The van der Waals surface area contributed by atoms with Crippen molar-refractivity contribution in [1.82, 2.24) is 0 Å². The summed E-state index contributed by atoms with van der Waals surface area (Å²) in [7, 11) is -0.937. The normalized spacial score (nSPS) is 12.6. The number of aliphatic hydroxyl groups excluding tert-OH is 1. The molecule has 0 spiro atoms. The maximum atomic E-state index is 12.4. The lowest BCUT2D eigenvalue weighted by atomic mass is 10.1. The molecule has 0 aliphatic rings. The van der Waals surface area contributed by atoms with E-state index < -0.39 is 27.5 Å². The van der Waals surface area contributed by atoms with E-state index in [9.17, 15) is 21.6 Å². The van der Waals surface area contributed by atoms with Crippen LogP contribution in [0.1, 0.15) is 53.5 Å². The Morgan fingerprint density at radius 1 is 0.900 bits per heavy atom. The molecule has 10 heteroatoms. The Balaban J connectivity index is 0. The van der Waals surface area contributed by atoms with Crippen LogP contribution in [-0.2, 0) is 30.0 Å². The van der Waals surface area contributed by atoms with Gasteiger partial charge >= 0.3 is 6.18 Å². The molecule has 0 saturated carbocycles. The van der Waals surface area contributed by atoms with Gasteiger partial charge in [-0.3, -0.25) is 4.18 Å². The lowest BCUT2D eigenvalue weighted by Crippen LogP contribution is -2.25. The van der Waals surface area contributed by atoms with Crippen LogP contribution in [0, 0.1) is 0 Å². The highest BCUT2D eigenvalue weighted by Gasteiger charge is 2.30. The molecule has 0 fully saturated rings. The zero-order valence-corrected chi connectivity index (χ0v) is 18.5. The maximum absolute atomic E-state index is 12.4. The average Bonchev–Trinajstić information content (AvgIpc) is 2.61. The minimum Gasteiger partial charge on any atom is -0.396 e. The van der Waals surface area contributed by atoms with Crippen LogP contribution in [0.4, 0.5) is 13.2 Å². The molecule has 1 aromatic carbocycles. The highest BCUT2D eigenvalue weighted by Crippen LogP contribution is 2.30. The molecular formula is C20H35F3O6S. The molecule has 0 aromatic heterocycles. The van der Waals surface area contributed by atoms with Crippen molar-refractivity contribution < 1.29 is 40.4 Å². The van der Waals surface area contributed by atoms with E-state index >= 15 is 0 Å². The van der Waals surface area contributed by atoms with Gasteiger partial charge in [0.2, 0.25) is 0 Å². The van der Waals surface area contributed by atoms with Crippen LogP contribution in [0.3, 0.4) is 0 Å². The maximum Gasteiger partial charge on any atom is 0.416 e. The smallest absolute Gasteiger partial charge is 0.396 e. The predicted octanol–water partition coefficient (Wildman–Crippen LogP) is 4.66. The molecule has 6 nitrogen and oxygen atoms in total. The van der Waals surface area contributed by atoms with Gasteiger partial charge in [-0.05, 0) is 58.4 Å². The molecule has 0 bridgehead atoms. The summed E-state index contributed by atoms with van der Waals surface area (Å²) >= 11 is 0. The fourth-order valence-electron chi connectivity index (χ4n) is 1.75. The number of alkyl halides is 3. The van der Waals surface area contributed by atoms with E-state index in [0.717, 1.165) is 12.1 Å². The second-order valence-corrected chi connectivity index (χ2v) is 9.06. The lowest BCUT2D eigenvalue weighted by Gasteiger charge is -2.22. The fourth-order valence-corrected chi connectivity index (χ4v) is 2.66. The van der Waals surface area contributed by atoms with E-state index in [2.05, 4.69) is 0 Å². The van der Waals surface area contributed by atoms with Crippen LogP contribution >= 0.6 is 0 Å². The van der Waals surface area contributed by atoms with Crippen LogP contribution in [0.25, 0.3) is 0 Å². The second-order valence-electron chi connectivity index (χ2n) is 7.45. The van der Waals surface area contributed by atoms with E-state index in [-0.39, 0.29) is 31.1 Å². The third-order valence-corrected chi connectivity index (χ3v) is 5.56. The van der Waals surface area contributed by atoms with E-state index in [1.54, 1.807) is 21.0 Å². The monoisotopic (exact) mass is 460 g/mol. The fraction of sp³-hybridized carbons (Fsp3) is 0.700. The van der Waals surface area contributed by atoms with Crippen LogP contribution in [-0.4, -0.2) is 52.2 Å². The van der Waals surface area contributed by atoms with Gasteiger partial charge in [0.1, 0.15) is 0 Å². The Bertz CT molecular complexity index is 698. The Labute approximate surface area is 178 Å². The van der Waals surface area contributed by atoms with Crippen molar-refractivity contribution in [3.8, 4) is 0 Å². The van der Waals surface area contributed by atoms with E-state index in [0.29, 0.717) is 25.0 Å². The van der Waals surface area contributed by atoms with Crippen molar-refractivity contribution in [2.45, 2.75) is 70.2 Å². The van der Waals surface area contributed by atoms with Crippen molar-refractivity contribution >= 4 is 10.1 Å². The van der Waals surface area contributed by atoms with Gasteiger partial charge < -0.3 is 14.6 Å². The molecule has 0 unspecified atom stereocenters. The number of ether oxygens (including phenoxy) is 2. The third-order valence-electron chi connectivity index (χ3n) is 4.23. The number of hydrogen-bond donors (Lipinski definition) is 1. The van der Waals surface area contributed by atoms with Crippen molar-refractivity contribution in [3.05, 3.63) is 29.8 Å². The molecule has 178 valence electrons. The highest BCUT2D eigenvalue weighted by molar-refractivity contribution is 7.86. The van der Waals surface area contributed by atoms with Gasteiger partial charge in [0, 0.05) is 27.2 Å². The number of hydrogen-bond acceptors (Lipinski definition) is 6. The summed E-state index contributed by atoms with van der Waals surface area (Å²) in [5.74, 6) is 0. The van der Waals surface area contributed by atoms with Crippen LogP contribution < -0.4 is 0 Å². The van der Waals surface area contributed by atoms with Gasteiger partial charge in [0.15, 0.2) is 0 Å². The van der Waals surface area contributed by atoms with Crippen molar-refractivity contribution in [3.63, 3.8) is 0 Å². The number of benzene rings is 1. The number of methoxy groups -OCH3 is 2. The topological polar surface area (TPSA) is 82.1 Å². The van der Waals surface area contributed by atoms with Gasteiger partial charge in [-0.15, -0.1) is 0 Å². The number of rotatable bonds is 9. The molecule has 1 aromatic rings. The van der Waals surface area contributed by atoms with Gasteiger partial charge in [0.05, 0.1) is 28.3 Å². The minimum atomic E-state index is -4.51. The molecule has 0 radical (unpaired) electrons. The molecule has 0 amide bonds. The van der Waals surface area contributed by atoms with Crippen molar-refractivity contribution in [2.75, 3.05) is 27.4 Å². The number of aliphatic hydroxyl groups is 1. The van der Waals surface area contributed by atoms with Gasteiger partial charge in [0.25, 0.3) is 10.1 Å². The Hall–Kier alpha value is -1.20. The summed E-state index contributed by atoms with van der Waals surface area (Å²) in [6.07, 6.45) is -3.49.